The van der Waals surface area contributed by atoms with E-state index in [1.807, 2.05) is 6.07 Å². The number of hydrogen-bond donors (Lipinski definition) is 1. The predicted octanol–water partition coefficient (Wildman–Crippen LogP) is 3.22. The highest BCUT2D eigenvalue weighted by Crippen LogP contribution is 2.34. The van der Waals surface area contributed by atoms with Crippen molar-refractivity contribution in [2.24, 2.45) is 23.5 Å². The van der Waals surface area contributed by atoms with Gasteiger partial charge in [-0.1, -0.05) is 13.8 Å². The van der Waals surface area contributed by atoms with Crippen LogP contribution in [0, 0.1) is 17.8 Å². The van der Waals surface area contributed by atoms with Gasteiger partial charge in [0.05, 0.1) is 6.26 Å². The van der Waals surface area contributed by atoms with Crippen LogP contribution >= 0.6 is 0 Å². The molecule has 1 aliphatic carbocycles. The Hall–Kier alpha value is -0.760. The van der Waals surface area contributed by atoms with Gasteiger partial charge in [-0.25, -0.2) is 0 Å². The molecular formula is C14H23NO. The zero-order valence-corrected chi connectivity index (χ0v) is 10.4. The van der Waals surface area contributed by atoms with Gasteiger partial charge in [-0.05, 0) is 49.1 Å². The molecule has 0 aromatic carbocycles. The molecule has 0 aliphatic heterocycles. The van der Waals surface area contributed by atoms with Crippen LogP contribution < -0.4 is 5.73 Å². The quantitative estimate of drug-likeness (QED) is 0.851. The average Bonchev–Trinajstić information content (AvgIpc) is 2.73. The van der Waals surface area contributed by atoms with Gasteiger partial charge in [-0.15, -0.1) is 0 Å². The van der Waals surface area contributed by atoms with Crippen molar-refractivity contribution >= 4 is 0 Å². The molecule has 2 rings (SSSR count). The van der Waals surface area contributed by atoms with Crippen molar-refractivity contribution in [2.45, 2.75) is 45.6 Å². The lowest BCUT2D eigenvalue weighted by Gasteiger charge is -2.35. The van der Waals surface area contributed by atoms with Crippen LogP contribution in [0.4, 0.5) is 0 Å². The molecule has 1 aliphatic rings. The Balaban J connectivity index is 1.96. The van der Waals surface area contributed by atoms with Crippen molar-refractivity contribution in [2.75, 3.05) is 0 Å². The van der Waals surface area contributed by atoms with Crippen LogP contribution in [0.15, 0.2) is 22.8 Å². The molecule has 1 aromatic rings. The highest BCUT2D eigenvalue weighted by Gasteiger charge is 2.30. The largest absolute Gasteiger partial charge is 0.469 e. The second kappa shape index (κ2) is 5.05. The summed E-state index contributed by atoms with van der Waals surface area (Å²) in [6, 6.07) is 4.38. The summed E-state index contributed by atoms with van der Waals surface area (Å²) in [5.41, 5.74) is 6.22. The fourth-order valence-electron chi connectivity index (χ4n) is 2.85. The molecule has 90 valence electrons. The van der Waals surface area contributed by atoms with E-state index in [0.29, 0.717) is 12.0 Å². The first-order valence-electron chi connectivity index (χ1n) is 6.44. The van der Waals surface area contributed by atoms with Gasteiger partial charge in [0.25, 0.3) is 0 Å². The topological polar surface area (TPSA) is 39.2 Å². The third-order valence-electron chi connectivity index (χ3n) is 4.07. The van der Waals surface area contributed by atoms with Crippen LogP contribution in [-0.4, -0.2) is 6.04 Å². The van der Waals surface area contributed by atoms with Crippen LogP contribution in [-0.2, 0) is 6.42 Å². The average molecular weight is 221 g/mol. The van der Waals surface area contributed by atoms with E-state index in [0.717, 1.165) is 24.0 Å². The standard InChI is InChI=1S/C14H23NO/c1-10(2)11-5-6-14(15)12(8-11)9-13-4-3-7-16-13/h3-4,7,10-12,14H,5-6,8-9,15H2,1-2H3. The van der Waals surface area contributed by atoms with Gasteiger partial charge in [0, 0.05) is 12.5 Å². The first kappa shape index (κ1) is 11.7. The van der Waals surface area contributed by atoms with Gasteiger partial charge >= 0.3 is 0 Å². The van der Waals surface area contributed by atoms with Crippen molar-refractivity contribution < 1.29 is 4.42 Å². The van der Waals surface area contributed by atoms with Gasteiger partial charge in [0.1, 0.15) is 5.76 Å². The molecule has 0 amide bonds. The Morgan fingerprint density at radius 3 is 2.88 bits per heavy atom. The SMILES string of the molecule is CC(C)C1CCC(N)C(Cc2ccco2)C1. The van der Waals surface area contributed by atoms with Crippen molar-refractivity contribution in [1.29, 1.82) is 0 Å². The smallest absolute Gasteiger partial charge is 0.104 e. The third-order valence-corrected chi connectivity index (χ3v) is 4.07. The minimum Gasteiger partial charge on any atom is -0.469 e. The number of rotatable bonds is 3. The number of hydrogen-bond acceptors (Lipinski definition) is 2. The Morgan fingerprint density at radius 2 is 2.25 bits per heavy atom. The first-order chi connectivity index (χ1) is 7.66. The predicted molar refractivity (Wildman–Crippen MR) is 66.1 cm³/mol. The molecule has 1 fully saturated rings. The Labute approximate surface area is 98.2 Å². The summed E-state index contributed by atoms with van der Waals surface area (Å²) in [5, 5.41) is 0. The summed E-state index contributed by atoms with van der Waals surface area (Å²) in [6.07, 6.45) is 6.50. The molecule has 0 radical (unpaired) electrons. The normalized spacial score (nSPS) is 30.9. The summed E-state index contributed by atoms with van der Waals surface area (Å²) in [4.78, 5) is 0. The van der Waals surface area contributed by atoms with E-state index in [2.05, 4.69) is 19.9 Å². The van der Waals surface area contributed by atoms with Crippen LogP contribution in [0.25, 0.3) is 0 Å². The molecule has 1 heterocycles. The van der Waals surface area contributed by atoms with Gasteiger partial charge in [-0.2, -0.15) is 0 Å². The molecule has 0 saturated heterocycles. The Kier molecular flexibility index (Phi) is 3.70. The highest BCUT2D eigenvalue weighted by atomic mass is 16.3. The van der Waals surface area contributed by atoms with Crippen LogP contribution in [0.5, 0.6) is 0 Å². The summed E-state index contributed by atoms with van der Waals surface area (Å²) in [5.74, 6) is 3.32. The van der Waals surface area contributed by atoms with Crippen molar-refractivity contribution in [3.8, 4) is 0 Å². The lowest BCUT2D eigenvalue weighted by atomic mass is 9.72. The number of furan rings is 1. The summed E-state index contributed by atoms with van der Waals surface area (Å²) in [7, 11) is 0. The van der Waals surface area contributed by atoms with Crippen LogP contribution in [0.1, 0.15) is 38.9 Å². The molecule has 3 unspecified atom stereocenters. The fourth-order valence-corrected chi connectivity index (χ4v) is 2.85. The lowest BCUT2D eigenvalue weighted by molar-refractivity contribution is 0.184. The third kappa shape index (κ3) is 2.67. The highest BCUT2D eigenvalue weighted by molar-refractivity contribution is 5.01. The van der Waals surface area contributed by atoms with Gasteiger partial charge in [0.15, 0.2) is 0 Å². The molecule has 16 heavy (non-hydrogen) atoms. The minimum absolute atomic E-state index is 0.361. The second-order valence-corrected chi connectivity index (χ2v) is 5.52. The van der Waals surface area contributed by atoms with Crippen LogP contribution in [0.2, 0.25) is 0 Å². The van der Waals surface area contributed by atoms with Crippen molar-refractivity contribution in [3.63, 3.8) is 0 Å². The molecular weight excluding hydrogens is 198 g/mol. The number of nitrogens with two attached hydrogens (primary N) is 1. The van der Waals surface area contributed by atoms with E-state index in [1.165, 1.54) is 19.3 Å². The Morgan fingerprint density at radius 1 is 1.44 bits per heavy atom. The molecule has 2 nitrogen and oxygen atoms in total. The van der Waals surface area contributed by atoms with E-state index in [4.69, 9.17) is 10.2 Å². The second-order valence-electron chi connectivity index (χ2n) is 5.52. The zero-order chi connectivity index (χ0) is 11.5. The van der Waals surface area contributed by atoms with Crippen LogP contribution in [0.3, 0.4) is 0 Å². The van der Waals surface area contributed by atoms with E-state index in [1.54, 1.807) is 6.26 Å². The molecule has 2 N–H and O–H groups in total. The van der Waals surface area contributed by atoms with Gasteiger partial charge < -0.3 is 10.2 Å². The van der Waals surface area contributed by atoms with E-state index in [9.17, 15) is 0 Å². The summed E-state index contributed by atoms with van der Waals surface area (Å²) in [6.45, 7) is 4.65. The zero-order valence-electron chi connectivity index (χ0n) is 10.4. The molecule has 1 saturated carbocycles. The van der Waals surface area contributed by atoms with Gasteiger partial charge in [-0.3, -0.25) is 0 Å². The van der Waals surface area contributed by atoms with E-state index < -0.39 is 0 Å². The van der Waals surface area contributed by atoms with Crippen molar-refractivity contribution in [1.82, 2.24) is 0 Å². The maximum absolute atomic E-state index is 6.22. The molecule has 0 bridgehead atoms. The van der Waals surface area contributed by atoms with E-state index >= 15 is 0 Å². The molecule has 2 heteroatoms. The molecule has 1 aromatic heterocycles. The fraction of sp³-hybridized carbons (Fsp3) is 0.714. The maximum Gasteiger partial charge on any atom is 0.104 e. The first-order valence-corrected chi connectivity index (χ1v) is 6.44. The van der Waals surface area contributed by atoms with Gasteiger partial charge in [0.2, 0.25) is 0 Å². The van der Waals surface area contributed by atoms with Crippen molar-refractivity contribution in [3.05, 3.63) is 24.2 Å². The monoisotopic (exact) mass is 221 g/mol. The van der Waals surface area contributed by atoms with E-state index in [-0.39, 0.29) is 0 Å². The summed E-state index contributed by atoms with van der Waals surface area (Å²) >= 11 is 0. The molecule has 3 atom stereocenters. The molecule has 0 spiro atoms. The Bertz CT molecular complexity index is 305. The summed E-state index contributed by atoms with van der Waals surface area (Å²) < 4.78 is 5.42. The minimum atomic E-state index is 0.361. The maximum atomic E-state index is 6.22. The lowest BCUT2D eigenvalue weighted by Crippen LogP contribution is -2.38.